The maximum absolute atomic E-state index is 2.37. The summed E-state index contributed by atoms with van der Waals surface area (Å²) < 4.78 is 2.35. The molecule has 138 valence electrons. The molecule has 0 atom stereocenters. The smallest absolute Gasteiger partial charge is 0.0480 e. The molecule has 1 nitrogen and oxygen atoms in total. The van der Waals surface area contributed by atoms with E-state index in [9.17, 15) is 0 Å². The van der Waals surface area contributed by atoms with Crippen LogP contribution in [0, 0.1) is 0 Å². The molecule has 0 saturated heterocycles. The van der Waals surface area contributed by atoms with E-state index in [0.717, 1.165) is 19.4 Å². The molecule has 1 aromatic heterocycles. The van der Waals surface area contributed by atoms with Crippen LogP contribution >= 0.6 is 0 Å². The number of aryl methyl sites for hydroxylation is 1. The van der Waals surface area contributed by atoms with Crippen LogP contribution in [0.4, 0.5) is 0 Å². The van der Waals surface area contributed by atoms with Crippen molar-refractivity contribution in [3.63, 3.8) is 0 Å². The third kappa shape index (κ3) is 3.51. The molecule has 0 spiro atoms. The molecule has 0 saturated carbocycles. The molecular weight excluding hydrogens is 326 g/mol. The fourth-order valence-corrected chi connectivity index (χ4v) is 3.93. The summed E-state index contributed by atoms with van der Waals surface area (Å²) in [5.41, 5.74) is 8.34. The Balaban J connectivity index is 1.63. The number of rotatable bonds is 4. The molecule has 2 aromatic carbocycles. The zero-order valence-electron chi connectivity index (χ0n) is 16.9. The molecule has 0 amide bonds. The van der Waals surface area contributed by atoms with Crippen LogP contribution < -0.4 is 0 Å². The summed E-state index contributed by atoms with van der Waals surface area (Å²) >= 11 is 0. The number of fused-ring (bicyclic) bond motifs is 1. The average molecular weight is 356 g/mol. The molecule has 1 heterocycles. The second-order valence-electron chi connectivity index (χ2n) is 8.65. The molecule has 0 N–H and O–H groups in total. The van der Waals surface area contributed by atoms with E-state index in [1.54, 1.807) is 0 Å². The lowest BCUT2D eigenvalue weighted by molar-refractivity contribution is 0.590. The SMILES string of the molecule is CCCn1ccc2cc(C3=CC(c4cccc(C(C)(C)C)c4)=CC3)ccc21. The topological polar surface area (TPSA) is 4.93 Å². The van der Waals surface area contributed by atoms with Crippen molar-refractivity contribution in [3.05, 3.63) is 83.6 Å². The van der Waals surface area contributed by atoms with E-state index in [1.165, 1.54) is 38.7 Å². The lowest BCUT2D eigenvalue weighted by Crippen LogP contribution is -2.10. The van der Waals surface area contributed by atoms with Crippen LogP contribution in [0.2, 0.25) is 0 Å². The van der Waals surface area contributed by atoms with Gasteiger partial charge in [-0.25, -0.2) is 0 Å². The van der Waals surface area contributed by atoms with Crippen LogP contribution in [0.25, 0.3) is 22.0 Å². The highest BCUT2D eigenvalue weighted by Crippen LogP contribution is 2.35. The fraction of sp³-hybridized carbons (Fsp3) is 0.308. The van der Waals surface area contributed by atoms with Crippen LogP contribution in [0.5, 0.6) is 0 Å². The monoisotopic (exact) mass is 355 g/mol. The molecule has 27 heavy (non-hydrogen) atoms. The normalized spacial score (nSPS) is 14.5. The van der Waals surface area contributed by atoms with Gasteiger partial charge in [-0.15, -0.1) is 0 Å². The molecule has 0 aliphatic heterocycles. The Kier molecular flexibility index (Phi) is 4.55. The number of benzene rings is 2. The first-order chi connectivity index (χ1) is 13.0. The maximum Gasteiger partial charge on any atom is 0.0480 e. The van der Waals surface area contributed by atoms with Crippen molar-refractivity contribution in [3.8, 4) is 0 Å². The van der Waals surface area contributed by atoms with E-state index in [-0.39, 0.29) is 5.41 Å². The Labute approximate surface area is 163 Å². The van der Waals surface area contributed by atoms with Crippen LogP contribution in [-0.2, 0) is 12.0 Å². The molecule has 4 rings (SSSR count). The first-order valence-corrected chi connectivity index (χ1v) is 10.1. The zero-order valence-corrected chi connectivity index (χ0v) is 16.9. The first-order valence-electron chi connectivity index (χ1n) is 10.1. The van der Waals surface area contributed by atoms with Crippen LogP contribution in [-0.4, -0.2) is 4.57 Å². The highest BCUT2D eigenvalue weighted by atomic mass is 14.9. The van der Waals surface area contributed by atoms with Gasteiger partial charge in [-0.05, 0) is 64.3 Å². The van der Waals surface area contributed by atoms with E-state index in [1.807, 2.05) is 0 Å². The molecule has 0 fully saturated rings. The van der Waals surface area contributed by atoms with Crippen molar-refractivity contribution >= 4 is 22.0 Å². The zero-order chi connectivity index (χ0) is 19.0. The molecule has 1 aliphatic carbocycles. The van der Waals surface area contributed by atoms with E-state index in [4.69, 9.17) is 0 Å². The molecule has 0 radical (unpaired) electrons. The van der Waals surface area contributed by atoms with Crippen molar-refractivity contribution in [2.45, 2.75) is 52.5 Å². The van der Waals surface area contributed by atoms with Gasteiger partial charge in [0, 0.05) is 23.6 Å². The first kappa shape index (κ1) is 17.9. The third-order valence-electron chi connectivity index (χ3n) is 5.54. The second-order valence-corrected chi connectivity index (χ2v) is 8.65. The van der Waals surface area contributed by atoms with Gasteiger partial charge in [-0.2, -0.15) is 0 Å². The number of aromatic nitrogens is 1. The van der Waals surface area contributed by atoms with Gasteiger partial charge in [-0.1, -0.05) is 70.2 Å². The highest BCUT2D eigenvalue weighted by molar-refractivity contribution is 5.92. The summed E-state index contributed by atoms with van der Waals surface area (Å²) in [5.74, 6) is 0. The van der Waals surface area contributed by atoms with Crippen molar-refractivity contribution in [2.75, 3.05) is 0 Å². The Morgan fingerprint density at radius 2 is 1.81 bits per heavy atom. The minimum Gasteiger partial charge on any atom is -0.347 e. The molecule has 3 aromatic rings. The Hall–Kier alpha value is -2.54. The highest BCUT2D eigenvalue weighted by Gasteiger charge is 2.16. The second kappa shape index (κ2) is 6.88. The fourth-order valence-electron chi connectivity index (χ4n) is 3.93. The maximum atomic E-state index is 2.37. The quantitative estimate of drug-likeness (QED) is 0.465. The minimum absolute atomic E-state index is 0.179. The Morgan fingerprint density at radius 1 is 0.963 bits per heavy atom. The molecule has 1 aliphatic rings. The molecular formula is C26H29N. The summed E-state index contributed by atoms with van der Waals surface area (Å²) in [6.07, 6.45) is 9.12. The molecule has 0 bridgehead atoms. The Morgan fingerprint density at radius 3 is 2.59 bits per heavy atom. The van der Waals surface area contributed by atoms with Gasteiger partial charge in [0.05, 0.1) is 0 Å². The standard InChI is InChI=1S/C26H29N/c1-5-14-27-15-13-23-17-22(11-12-25(23)27)21-10-9-20(16-21)19-7-6-8-24(18-19)26(2,3)4/h6-9,11-13,15-18H,5,10,14H2,1-4H3. The number of hydrogen-bond donors (Lipinski definition) is 0. The number of allylic oxidation sites excluding steroid dienone is 4. The van der Waals surface area contributed by atoms with Crippen molar-refractivity contribution in [1.82, 2.24) is 4.57 Å². The van der Waals surface area contributed by atoms with Gasteiger partial charge in [0.1, 0.15) is 0 Å². The van der Waals surface area contributed by atoms with Gasteiger partial charge in [0.25, 0.3) is 0 Å². The van der Waals surface area contributed by atoms with Gasteiger partial charge in [0.2, 0.25) is 0 Å². The summed E-state index contributed by atoms with van der Waals surface area (Å²) in [5, 5.41) is 1.34. The van der Waals surface area contributed by atoms with Crippen LogP contribution in [0.15, 0.2) is 66.9 Å². The average Bonchev–Trinajstić information content (AvgIpc) is 3.29. The van der Waals surface area contributed by atoms with E-state index in [0.29, 0.717) is 0 Å². The van der Waals surface area contributed by atoms with E-state index in [2.05, 4.69) is 99.1 Å². The lowest BCUT2D eigenvalue weighted by atomic mass is 9.85. The summed E-state index contributed by atoms with van der Waals surface area (Å²) in [4.78, 5) is 0. The Bertz CT molecular complexity index is 1040. The number of nitrogens with zero attached hydrogens (tertiary/aromatic N) is 1. The largest absolute Gasteiger partial charge is 0.347 e. The van der Waals surface area contributed by atoms with E-state index >= 15 is 0 Å². The summed E-state index contributed by atoms with van der Waals surface area (Å²) in [6.45, 7) is 10.1. The van der Waals surface area contributed by atoms with Gasteiger partial charge >= 0.3 is 0 Å². The van der Waals surface area contributed by atoms with Crippen molar-refractivity contribution in [2.24, 2.45) is 0 Å². The predicted molar refractivity (Wildman–Crippen MR) is 118 cm³/mol. The molecule has 0 unspecified atom stereocenters. The van der Waals surface area contributed by atoms with Crippen molar-refractivity contribution < 1.29 is 0 Å². The van der Waals surface area contributed by atoms with Crippen molar-refractivity contribution in [1.29, 1.82) is 0 Å². The minimum atomic E-state index is 0.179. The van der Waals surface area contributed by atoms with Gasteiger partial charge in [0.15, 0.2) is 0 Å². The lowest BCUT2D eigenvalue weighted by Gasteiger charge is -2.19. The molecule has 1 heteroatoms. The van der Waals surface area contributed by atoms with E-state index < -0.39 is 0 Å². The third-order valence-corrected chi connectivity index (χ3v) is 5.54. The number of hydrogen-bond acceptors (Lipinski definition) is 0. The predicted octanol–water partition coefficient (Wildman–Crippen LogP) is 7.22. The van der Waals surface area contributed by atoms with Crippen LogP contribution in [0.3, 0.4) is 0 Å². The van der Waals surface area contributed by atoms with Gasteiger partial charge < -0.3 is 4.57 Å². The van der Waals surface area contributed by atoms with Crippen LogP contribution in [0.1, 0.15) is 57.2 Å². The summed E-state index contributed by atoms with van der Waals surface area (Å²) in [6, 6.07) is 18.1. The van der Waals surface area contributed by atoms with Gasteiger partial charge in [-0.3, -0.25) is 0 Å². The summed E-state index contributed by atoms with van der Waals surface area (Å²) in [7, 11) is 0.